The summed E-state index contributed by atoms with van der Waals surface area (Å²) in [6, 6.07) is 7.46. The molecule has 0 unspecified atom stereocenters. The summed E-state index contributed by atoms with van der Waals surface area (Å²) in [4.78, 5) is 22.2. The van der Waals surface area contributed by atoms with Crippen LogP contribution in [0.25, 0.3) is 0 Å². The highest BCUT2D eigenvalue weighted by Gasteiger charge is 2.03. The van der Waals surface area contributed by atoms with Gasteiger partial charge in [0.15, 0.2) is 0 Å². The molecule has 0 saturated heterocycles. The lowest BCUT2D eigenvalue weighted by Crippen LogP contribution is -2.44. The van der Waals surface area contributed by atoms with Gasteiger partial charge in [-0.1, -0.05) is 12.1 Å². The van der Waals surface area contributed by atoms with E-state index in [2.05, 4.69) is 10.9 Å². The Bertz CT molecular complexity index is 404. The van der Waals surface area contributed by atoms with Crippen LogP contribution in [0.4, 0.5) is 0 Å². The molecule has 0 spiro atoms. The van der Waals surface area contributed by atoms with E-state index in [4.69, 9.17) is 10.5 Å². The molecular formula is C12H17N3O3. The quantitative estimate of drug-likeness (QED) is 0.628. The molecule has 0 bridgehead atoms. The third kappa shape index (κ3) is 4.84. The molecule has 18 heavy (non-hydrogen) atoms. The summed E-state index contributed by atoms with van der Waals surface area (Å²) in [5.41, 5.74) is 10.6. The Morgan fingerprint density at radius 1 is 1.17 bits per heavy atom. The minimum absolute atomic E-state index is 0.154. The number of rotatable bonds is 5. The molecule has 0 aliphatic rings. The number of carbonyl (C=O) groups is 2. The van der Waals surface area contributed by atoms with Crippen LogP contribution < -0.4 is 21.3 Å². The molecule has 1 rings (SSSR count). The first-order valence-electron chi connectivity index (χ1n) is 5.56. The van der Waals surface area contributed by atoms with Crippen molar-refractivity contribution < 1.29 is 14.3 Å². The Morgan fingerprint density at radius 2 is 1.78 bits per heavy atom. The first kappa shape index (κ1) is 14.0. The summed E-state index contributed by atoms with van der Waals surface area (Å²) < 4.78 is 5.03. The fraction of sp³-hybridized carbons (Fsp3) is 0.333. The maximum atomic E-state index is 11.4. The van der Waals surface area contributed by atoms with E-state index in [1.54, 1.807) is 7.11 Å². The SMILES string of the molecule is COc1ccc(CCC(=O)NNC(=O)CN)cc1. The Labute approximate surface area is 105 Å². The third-order valence-electron chi connectivity index (χ3n) is 2.33. The van der Waals surface area contributed by atoms with Crippen molar-refractivity contribution in [1.82, 2.24) is 10.9 Å². The zero-order valence-corrected chi connectivity index (χ0v) is 10.2. The van der Waals surface area contributed by atoms with Crippen molar-refractivity contribution in [2.45, 2.75) is 12.8 Å². The molecule has 0 aromatic heterocycles. The molecule has 0 saturated carbocycles. The summed E-state index contributed by atoms with van der Waals surface area (Å²) >= 11 is 0. The van der Waals surface area contributed by atoms with Gasteiger partial charge in [-0.15, -0.1) is 0 Å². The third-order valence-corrected chi connectivity index (χ3v) is 2.33. The molecule has 0 atom stereocenters. The lowest BCUT2D eigenvalue weighted by Gasteiger charge is -2.06. The first-order valence-corrected chi connectivity index (χ1v) is 5.56. The summed E-state index contributed by atoms with van der Waals surface area (Å²) in [5, 5.41) is 0. The molecule has 0 aliphatic carbocycles. The molecule has 0 aliphatic heterocycles. The van der Waals surface area contributed by atoms with Gasteiger partial charge in [-0.3, -0.25) is 20.4 Å². The molecule has 4 N–H and O–H groups in total. The molecule has 1 aromatic rings. The van der Waals surface area contributed by atoms with Gasteiger partial charge in [0.1, 0.15) is 5.75 Å². The minimum atomic E-state index is -0.423. The summed E-state index contributed by atoms with van der Waals surface area (Å²) in [7, 11) is 1.60. The second-order valence-electron chi connectivity index (χ2n) is 3.65. The van der Waals surface area contributed by atoms with E-state index >= 15 is 0 Å². The van der Waals surface area contributed by atoms with Gasteiger partial charge in [-0.2, -0.15) is 0 Å². The van der Waals surface area contributed by atoms with Crippen molar-refractivity contribution in [3.05, 3.63) is 29.8 Å². The number of ether oxygens (including phenoxy) is 1. The number of hydrogen-bond donors (Lipinski definition) is 3. The summed E-state index contributed by atoms with van der Waals surface area (Å²) in [6.07, 6.45) is 0.880. The van der Waals surface area contributed by atoms with Crippen molar-refractivity contribution in [1.29, 1.82) is 0 Å². The van der Waals surface area contributed by atoms with Crippen molar-refractivity contribution >= 4 is 11.8 Å². The average Bonchev–Trinajstić information content (AvgIpc) is 2.42. The normalized spacial score (nSPS) is 9.67. The second-order valence-corrected chi connectivity index (χ2v) is 3.65. The van der Waals surface area contributed by atoms with Gasteiger partial charge in [0.05, 0.1) is 13.7 Å². The van der Waals surface area contributed by atoms with Gasteiger partial charge in [-0.05, 0) is 24.1 Å². The molecule has 0 radical (unpaired) electrons. The van der Waals surface area contributed by atoms with Gasteiger partial charge in [-0.25, -0.2) is 0 Å². The average molecular weight is 251 g/mol. The Balaban J connectivity index is 2.31. The Kier molecular flexibility index (Phi) is 5.66. The number of amides is 2. The zero-order valence-electron chi connectivity index (χ0n) is 10.2. The fourth-order valence-corrected chi connectivity index (χ4v) is 1.30. The van der Waals surface area contributed by atoms with E-state index < -0.39 is 5.91 Å². The van der Waals surface area contributed by atoms with Gasteiger partial charge >= 0.3 is 0 Å². The minimum Gasteiger partial charge on any atom is -0.497 e. The van der Waals surface area contributed by atoms with Crippen LogP contribution in [0.2, 0.25) is 0 Å². The van der Waals surface area contributed by atoms with Crippen molar-refractivity contribution in [2.24, 2.45) is 5.73 Å². The maximum absolute atomic E-state index is 11.4. The van der Waals surface area contributed by atoms with Gasteiger partial charge in [0.2, 0.25) is 5.91 Å². The predicted molar refractivity (Wildman–Crippen MR) is 66.7 cm³/mol. The maximum Gasteiger partial charge on any atom is 0.252 e. The van der Waals surface area contributed by atoms with E-state index in [1.807, 2.05) is 24.3 Å². The molecular weight excluding hydrogens is 234 g/mol. The number of nitrogens with one attached hydrogen (secondary N) is 2. The molecule has 0 heterocycles. The van der Waals surface area contributed by atoms with Gasteiger partial charge in [0.25, 0.3) is 5.91 Å². The van der Waals surface area contributed by atoms with E-state index in [9.17, 15) is 9.59 Å². The summed E-state index contributed by atoms with van der Waals surface area (Å²) in [5.74, 6) is 0.0961. The van der Waals surface area contributed by atoms with Crippen LogP contribution in [0.15, 0.2) is 24.3 Å². The Morgan fingerprint density at radius 3 is 2.33 bits per heavy atom. The molecule has 1 aromatic carbocycles. The highest BCUT2D eigenvalue weighted by Crippen LogP contribution is 2.12. The topological polar surface area (TPSA) is 93.5 Å². The number of aryl methyl sites for hydroxylation is 1. The van der Waals surface area contributed by atoms with Crippen molar-refractivity contribution in [3.63, 3.8) is 0 Å². The number of hydrogen-bond acceptors (Lipinski definition) is 4. The van der Waals surface area contributed by atoms with Crippen LogP contribution in [0.3, 0.4) is 0 Å². The first-order chi connectivity index (χ1) is 8.65. The van der Waals surface area contributed by atoms with Crippen LogP contribution in [0, 0.1) is 0 Å². The van der Waals surface area contributed by atoms with Gasteiger partial charge in [0, 0.05) is 6.42 Å². The number of methoxy groups -OCH3 is 1. The van der Waals surface area contributed by atoms with Crippen LogP contribution in [-0.4, -0.2) is 25.5 Å². The number of benzene rings is 1. The summed E-state index contributed by atoms with van der Waals surface area (Å²) in [6.45, 7) is -0.154. The largest absolute Gasteiger partial charge is 0.497 e. The number of hydrazine groups is 1. The molecule has 6 heteroatoms. The standard InChI is InChI=1S/C12H17N3O3/c1-18-10-5-2-9(3-6-10)4-7-11(16)14-15-12(17)8-13/h2-3,5-6H,4,7-8,13H2,1H3,(H,14,16)(H,15,17). The second kappa shape index (κ2) is 7.29. The monoisotopic (exact) mass is 251 g/mol. The number of nitrogens with two attached hydrogens (primary N) is 1. The molecule has 0 fully saturated rings. The van der Waals surface area contributed by atoms with Crippen LogP contribution >= 0.6 is 0 Å². The molecule has 6 nitrogen and oxygen atoms in total. The number of carbonyl (C=O) groups excluding carboxylic acids is 2. The van der Waals surface area contributed by atoms with E-state index in [0.717, 1.165) is 11.3 Å². The van der Waals surface area contributed by atoms with E-state index in [1.165, 1.54) is 0 Å². The van der Waals surface area contributed by atoms with Crippen LogP contribution in [0.1, 0.15) is 12.0 Å². The Hall–Kier alpha value is -2.08. The zero-order chi connectivity index (χ0) is 13.4. The van der Waals surface area contributed by atoms with E-state index in [0.29, 0.717) is 6.42 Å². The highest BCUT2D eigenvalue weighted by molar-refractivity contribution is 5.82. The predicted octanol–water partition coefficient (Wildman–Crippen LogP) is -0.266. The molecule has 98 valence electrons. The van der Waals surface area contributed by atoms with Crippen molar-refractivity contribution in [2.75, 3.05) is 13.7 Å². The smallest absolute Gasteiger partial charge is 0.252 e. The van der Waals surface area contributed by atoms with Gasteiger partial charge < -0.3 is 10.5 Å². The lowest BCUT2D eigenvalue weighted by atomic mass is 10.1. The fourth-order valence-electron chi connectivity index (χ4n) is 1.30. The van der Waals surface area contributed by atoms with Crippen LogP contribution in [0.5, 0.6) is 5.75 Å². The lowest BCUT2D eigenvalue weighted by molar-refractivity contribution is -0.128. The van der Waals surface area contributed by atoms with Crippen molar-refractivity contribution in [3.8, 4) is 5.75 Å². The van der Waals surface area contributed by atoms with E-state index in [-0.39, 0.29) is 18.9 Å². The highest BCUT2D eigenvalue weighted by atomic mass is 16.5. The molecule has 2 amide bonds. The van der Waals surface area contributed by atoms with Crippen LogP contribution in [-0.2, 0) is 16.0 Å².